The van der Waals surface area contributed by atoms with Gasteiger partial charge in [0, 0.05) is 58.3 Å². The standard InChI is InChI=1S/C14H24N4O2S/c1-21(19,20)13-7-15-6-8-17-9-11-18(12-10-17)14-4-2-3-5-16-14/h2-5,15H,6-13H2,1H3. The lowest BCUT2D eigenvalue weighted by Crippen LogP contribution is -2.48. The van der Waals surface area contributed by atoms with Gasteiger partial charge in [-0.25, -0.2) is 13.4 Å². The number of anilines is 1. The Bertz CT molecular complexity index is 513. The van der Waals surface area contributed by atoms with Crippen molar-refractivity contribution in [2.45, 2.75) is 0 Å². The summed E-state index contributed by atoms with van der Waals surface area (Å²) in [6.07, 6.45) is 3.10. The summed E-state index contributed by atoms with van der Waals surface area (Å²) in [5.41, 5.74) is 0. The number of sulfone groups is 1. The second kappa shape index (κ2) is 7.72. The Balaban J connectivity index is 1.61. The third-order valence-corrected chi connectivity index (χ3v) is 4.55. The molecule has 0 unspecified atom stereocenters. The molecule has 2 rings (SSSR count). The van der Waals surface area contributed by atoms with E-state index < -0.39 is 9.84 Å². The van der Waals surface area contributed by atoms with Crippen LogP contribution in [-0.4, -0.2) is 76.1 Å². The van der Waals surface area contributed by atoms with Crippen molar-refractivity contribution >= 4 is 15.7 Å². The Labute approximate surface area is 127 Å². The molecule has 0 spiro atoms. The Morgan fingerprint density at radius 2 is 1.95 bits per heavy atom. The maximum Gasteiger partial charge on any atom is 0.148 e. The van der Waals surface area contributed by atoms with E-state index in [0.717, 1.165) is 45.1 Å². The molecule has 21 heavy (non-hydrogen) atoms. The van der Waals surface area contributed by atoms with Crippen LogP contribution in [0.15, 0.2) is 24.4 Å². The van der Waals surface area contributed by atoms with Crippen molar-refractivity contribution < 1.29 is 8.42 Å². The lowest BCUT2D eigenvalue weighted by molar-refractivity contribution is 0.258. The van der Waals surface area contributed by atoms with Gasteiger partial charge in [0.2, 0.25) is 0 Å². The van der Waals surface area contributed by atoms with E-state index in [1.54, 1.807) is 0 Å². The zero-order valence-electron chi connectivity index (χ0n) is 12.5. The minimum Gasteiger partial charge on any atom is -0.354 e. The summed E-state index contributed by atoms with van der Waals surface area (Å²) in [7, 11) is -2.86. The van der Waals surface area contributed by atoms with E-state index in [4.69, 9.17) is 0 Å². The van der Waals surface area contributed by atoms with Crippen LogP contribution in [-0.2, 0) is 9.84 Å². The lowest BCUT2D eigenvalue weighted by atomic mass is 10.3. The predicted octanol–water partition coefficient (Wildman–Crippen LogP) is -0.162. The van der Waals surface area contributed by atoms with E-state index in [1.165, 1.54) is 6.26 Å². The largest absolute Gasteiger partial charge is 0.354 e. The van der Waals surface area contributed by atoms with Gasteiger partial charge < -0.3 is 10.2 Å². The highest BCUT2D eigenvalue weighted by molar-refractivity contribution is 7.90. The molecule has 7 heteroatoms. The molecule has 1 aliphatic rings. The van der Waals surface area contributed by atoms with Crippen LogP contribution in [0.25, 0.3) is 0 Å². The number of hydrogen-bond donors (Lipinski definition) is 1. The molecule has 1 fully saturated rings. The molecule has 0 aliphatic carbocycles. The fourth-order valence-corrected chi connectivity index (χ4v) is 2.88. The average Bonchev–Trinajstić information content (AvgIpc) is 2.47. The molecule has 6 nitrogen and oxygen atoms in total. The molecule has 2 heterocycles. The number of aromatic nitrogens is 1. The zero-order valence-corrected chi connectivity index (χ0v) is 13.3. The van der Waals surface area contributed by atoms with Crippen molar-refractivity contribution in [3.63, 3.8) is 0 Å². The first-order chi connectivity index (χ1) is 10.0. The fourth-order valence-electron chi connectivity index (χ4n) is 2.36. The predicted molar refractivity (Wildman–Crippen MR) is 85.5 cm³/mol. The molecule has 1 aliphatic heterocycles. The second-order valence-electron chi connectivity index (χ2n) is 5.40. The van der Waals surface area contributed by atoms with Crippen LogP contribution in [0.2, 0.25) is 0 Å². The molecule has 118 valence electrons. The van der Waals surface area contributed by atoms with Gasteiger partial charge >= 0.3 is 0 Å². The van der Waals surface area contributed by atoms with Gasteiger partial charge in [0.1, 0.15) is 15.7 Å². The summed E-state index contributed by atoms with van der Waals surface area (Å²) in [6.45, 7) is 6.33. The van der Waals surface area contributed by atoms with Crippen molar-refractivity contribution in [2.24, 2.45) is 0 Å². The number of nitrogens with zero attached hydrogens (tertiary/aromatic N) is 3. The SMILES string of the molecule is CS(=O)(=O)CCNCCN1CCN(c2ccccn2)CC1. The Kier molecular flexibility index (Phi) is 5.96. The smallest absolute Gasteiger partial charge is 0.148 e. The summed E-state index contributed by atoms with van der Waals surface area (Å²) in [4.78, 5) is 9.07. The number of piperazine rings is 1. The van der Waals surface area contributed by atoms with Gasteiger partial charge in [0.15, 0.2) is 0 Å². The topological polar surface area (TPSA) is 65.5 Å². The van der Waals surface area contributed by atoms with E-state index in [1.807, 2.05) is 24.4 Å². The van der Waals surface area contributed by atoms with Crippen molar-refractivity contribution in [3.05, 3.63) is 24.4 Å². The summed E-state index contributed by atoms with van der Waals surface area (Å²) in [5, 5.41) is 3.19. The average molecular weight is 312 g/mol. The van der Waals surface area contributed by atoms with Gasteiger partial charge in [0.05, 0.1) is 5.75 Å². The maximum absolute atomic E-state index is 11.0. The summed E-state index contributed by atoms with van der Waals surface area (Å²) in [6, 6.07) is 5.99. The van der Waals surface area contributed by atoms with Crippen LogP contribution in [0.5, 0.6) is 0 Å². The molecule has 1 saturated heterocycles. The van der Waals surface area contributed by atoms with Gasteiger partial charge in [-0.3, -0.25) is 4.90 Å². The molecule has 1 aromatic heterocycles. The molecular formula is C14H24N4O2S. The van der Waals surface area contributed by atoms with Crippen LogP contribution in [0, 0.1) is 0 Å². The highest BCUT2D eigenvalue weighted by Crippen LogP contribution is 2.11. The quantitative estimate of drug-likeness (QED) is 0.706. The van der Waals surface area contributed by atoms with Gasteiger partial charge in [-0.05, 0) is 12.1 Å². The number of pyridine rings is 1. The summed E-state index contributed by atoms with van der Waals surface area (Å²) >= 11 is 0. The molecule has 0 aromatic carbocycles. The first-order valence-corrected chi connectivity index (χ1v) is 9.37. The third-order valence-electron chi connectivity index (χ3n) is 3.60. The number of nitrogens with one attached hydrogen (secondary N) is 1. The molecule has 0 saturated carbocycles. The van der Waals surface area contributed by atoms with Crippen molar-refractivity contribution in [3.8, 4) is 0 Å². The zero-order chi connectivity index (χ0) is 15.1. The molecular weight excluding hydrogens is 288 g/mol. The van der Waals surface area contributed by atoms with Crippen molar-refractivity contribution in [1.29, 1.82) is 0 Å². The first kappa shape index (κ1) is 16.2. The Hall–Kier alpha value is -1.18. The number of rotatable bonds is 7. The molecule has 0 amide bonds. The Morgan fingerprint density at radius 3 is 2.57 bits per heavy atom. The van der Waals surface area contributed by atoms with Crippen LogP contribution < -0.4 is 10.2 Å². The Morgan fingerprint density at radius 1 is 1.19 bits per heavy atom. The van der Waals surface area contributed by atoms with E-state index >= 15 is 0 Å². The minimum absolute atomic E-state index is 0.209. The maximum atomic E-state index is 11.0. The van der Waals surface area contributed by atoms with Gasteiger partial charge in [-0.2, -0.15) is 0 Å². The van der Waals surface area contributed by atoms with Crippen molar-refractivity contribution in [1.82, 2.24) is 15.2 Å². The highest BCUT2D eigenvalue weighted by Gasteiger charge is 2.17. The molecule has 1 N–H and O–H groups in total. The van der Waals surface area contributed by atoms with Gasteiger partial charge in [-0.15, -0.1) is 0 Å². The van der Waals surface area contributed by atoms with Crippen LogP contribution in [0.1, 0.15) is 0 Å². The lowest BCUT2D eigenvalue weighted by Gasteiger charge is -2.35. The van der Waals surface area contributed by atoms with E-state index in [2.05, 4.69) is 20.1 Å². The second-order valence-corrected chi connectivity index (χ2v) is 7.66. The normalized spacial score (nSPS) is 17.1. The van der Waals surface area contributed by atoms with Gasteiger partial charge in [0.25, 0.3) is 0 Å². The molecule has 0 bridgehead atoms. The monoisotopic (exact) mass is 312 g/mol. The molecule has 1 aromatic rings. The van der Waals surface area contributed by atoms with E-state index in [9.17, 15) is 8.42 Å². The van der Waals surface area contributed by atoms with E-state index in [-0.39, 0.29) is 5.75 Å². The first-order valence-electron chi connectivity index (χ1n) is 7.31. The highest BCUT2D eigenvalue weighted by atomic mass is 32.2. The van der Waals surface area contributed by atoms with Crippen LogP contribution in [0.3, 0.4) is 0 Å². The fraction of sp³-hybridized carbons (Fsp3) is 0.643. The summed E-state index contributed by atoms with van der Waals surface area (Å²) < 4.78 is 22.0. The van der Waals surface area contributed by atoms with Crippen molar-refractivity contribution in [2.75, 3.05) is 62.7 Å². The van der Waals surface area contributed by atoms with Crippen LogP contribution in [0.4, 0.5) is 5.82 Å². The van der Waals surface area contributed by atoms with Crippen LogP contribution >= 0.6 is 0 Å². The third kappa shape index (κ3) is 5.99. The summed E-state index contributed by atoms with van der Waals surface area (Å²) in [5.74, 6) is 1.25. The van der Waals surface area contributed by atoms with Gasteiger partial charge in [-0.1, -0.05) is 6.07 Å². The van der Waals surface area contributed by atoms with E-state index in [0.29, 0.717) is 6.54 Å². The number of hydrogen-bond acceptors (Lipinski definition) is 6. The minimum atomic E-state index is -2.86. The molecule has 0 radical (unpaired) electrons. The molecule has 0 atom stereocenters.